The number of aromatic amines is 1. The second-order valence-electron chi connectivity index (χ2n) is 8.80. The maximum Gasteiger partial charge on any atom is 0.410 e. The van der Waals surface area contributed by atoms with Gasteiger partial charge in [0.25, 0.3) is 0 Å². The smallest absolute Gasteiger partial charge is 0.410 e. The Bertz CT molecular complexity index is 1300. The third-order valence-corrected chi connectivity index (χ3v) is 6.50. The second-order valence-corrected chi connectivity index (χ2v) is 8.80. The maximum atomic E-state index is 13.3. The molecule has 2 aromatic carbocycles. The molecule has 1 amide bonds. The average molecular weight is 487 g/mol. The van der Waals surface area contributed by atoms with Crippen LogP contribution in [0.5, 0.6) is 0 Å². The van der Waals surface area contributed by atoms with Crippen LogP contribution in [0.1, 0.15) is 50.0 Å². The monoisotopic (exact) mass is 486 g/mol. The van der Waals surface area contributed by atoms with E-state index >= 15 is 0 Å². The number of hydrogen-bond acceptors (Lipinski definition) is 6. The zero-order valence-electron chi connectivity index (χ0n) is 19.8. The molecule has 36 heavy (non-hydrogen) atoms. The van der Waals surface area contributed by atoms with E-state index in [4.69, 9.17) is 14.2 Å². The topological polar surface area (TPSA) is 97.9 Å². The molecule has 0 spiro atoms. The van der Waals surface area contributed by atoms with Crippen LogP contribution in [0.3, 0.4) is 0 Å². The lowest BCUT2D eigenvalue weighted by Crippen LogP contribution is -2.50. The summed E-state index contributed by atoms with van der Waals surface area (Å²) < 4.78 is 16.5. The highest BCUT2D eigenvalue weighted by molar-refractivity contribution is 6.00. The van der Waals surface area contributed by atoms with Gasteiger partial charge in [0.05, 0.1) is 25.4 Å². The van der Waals surface area contributed by atoms with Crippen LogP contribution in [0, 0.1) is 0 Å². The number of ether oxygens (including phenoxy) is 3. The van der Waals surface area contributed by atoms with Crippen LogP contribution in [0.25, 0.3) is 0 Å². The number of H-pyrrole nitrogens is 1. The first kappa shape index (κ1) is 23.4. The second kappa shape index (κ2) is 10.1. The summed E-state index contributed by atoms with van der Waals surface area (Å²) in [6.07, 6.45) is 1.51. The zero-order valence-corrected chi connectivity index (χ0v) is 19.8. The van der Waals surface area contributed by atoms with E-state index in [1.807, 2.05) is 66.7 Å². The van der Waals surface area contributed by atoms with Crippen LogP contribution in [0.2, 0.25) is 0 Å². The Morgan fingerprint density at radius 3 is 2.33 bits per heavy atom. The fourth-order valence-electron chi connectivity index (χ4n) is 4.70. The number of Topliss-reactive ketones (excluding diaryl/α,β-unsaturated/α-hetero) is 1. The van der Waals surface area contributed by atoms with Crippen molar-refractivity contribution < 1.29 is 28.6 Å². The molecule has 0 unspecified atom stereocenters. The van der Waals surface area contributed by atoms with Gasteiger partial charge < -0.3 is 19.2 Å². The van der Waals surface area contributed by atoms with E-state index in [1.165, 1.54) is 7.11 Å². The van der Waals surface area contributed by atoms with E-state index < -0.39 is 18.1 Å². The molecule has 1 aliphatic heterocycles. The quantitative estimate of drug-likeness (QED) is 0.512. The molecule has 2 heterocycles. The Labute approximate surface area is 208 Å². The fraction of sp³-hybridized carbons (Fsp3) is 0.250. The third kappa shape index (κ3) is 4.75. The first-order chi connectivity index (χ1) is 17.5. The van der Waals surface area contributed by atoms with Crippen molar-refractivity contribution in [3.05, 3.63) is 107 Å². The van der Waals surface area contributed by atoms with Gasteiger partial charge >= 0.3 is 12.1 Å². The zero-order chi connectivity index (χ0) is 25.1. The minimum absolute atomic E-state index is 0.0989. The molecule has 1 aromatic heterocycles. The van der Waals surface area contributed by atoms with Gasteiger partial charge in [0.15, 0.2) is 5.78 Å². The van der Waals surface area contributed by atoms with E-state index in [-0.39, 0.29) is 37.0 Å². The molecule has 5 rings (SSSR count). The number of benzene rings is 2. The van der Waals surface area contributed by atoms with E-state index in [0.29, 0.717) is 23.6 Å². The highest BCUT2D eigenvalue weighted by Crippen LogP contribution is 2.40. The summed E-state index contributed by atoms with van der Waals surface area (Å²) in [5.74, 6) is -0.494. The molecule has 2 aliphatic rings. The molecule has 0 fully saturated rings. The van der Waals surface area contributed by atoms with Gasteiger partial charge in [-0.15, -0.1) is 0 Å². The van der Waals surface area contributed by atoms with Crippen molar-refractivity contribution in [2.45, 2.75) is 31.6 Å². The summed E-state index contributed by atoms with van der Waals surface area (Å²) in [6, 6.07) is 20.3. The molecule has 0 bridgehead atoms. The lowest BCUT2D eigenvalue weighted by Gasteiger charge is -2.41. The molecule has 3 aromatic rings. The Kier molecular flexibility index (Phi) is 6.58. The molecule has 0 saturated heterocycles. The van der Waals surface area contributed by atoms with Gasteiger partial charge in [-0.25, -0.2) is 9.59 Å². The van der Waals surface area contributed by atoms with E-state index in [1.54, 1.807) is 11.0 Å². The third-order valence-electron chi connectivity index (χ3n) is 6.50. The van der Waals surface area contributed by atoms with E-state index in [0.717, 1.165) is 11.1 Å². The molecule has 0 saturated carbocycles. The van der Waals surface area contributed by atoms with Crippen molar-refractivity contribution in [3.63, 3.8) is 0 Å². The largest absolute Gasteiger partial charge is 0.492 e. The van der Waals surface area contributed by atoms with Gasteiger partial charge in [-0.2, -0.15) is 0 Å². The van der Waals surface area contributed by atoms with Gasteiger partial charge in [-0.05, 0) is 28.8 Å². The number of carbonyl (C=O) groups is 3. The maximum absolute atomic E-state index is 13.3. The number of hydrogen-bond donors (Lipinski definition) is 1. The van der Waals surface area contributed by atoms with Crippen LogP contribution in [0.4, 0.5) is 4.79 Å². The van der Waals surface area contributed by atoms with Crippen molar-refractivity contribution in [1.29, 1.82) is 0 Å². The minimum atomic E-state index is -0.562. The summed E-state index contributed by atoms with van der Waals surface area (Å²) in [5.41, 5.74) is 3.05. The number of carbonyl (C=O) groups excluding carboxylic acids is 3. The number of fused-ring (bicyclic) bond motifs is 3. The standard InChI is InChI=1S/C28H26N2O6/c1-34-27(32)23-13-22-21-12-20(35-16-18-8-4-2-5-9-18)15-30(24(21)14-25(31)26(22)29-23)28(33)36-17-19-10-6-3-7-11-19/h2-13,21,24,29H,14-17H2,1H3/t21-,24-/m0/s1. The number of aromatic nitrogens is 1. The Hall–Kier alpha value is -4.33. The van der Waals surface area contributed by atoms with Crippen LogP contribution >= 0.6 is 0 Å². The summed E-state index contributed by atoms with van der Waals surface area (Å²) in [4.78, 5) is 42.8. The summed E-state index contributed by atoms with van der Waals surface area (Å²) in [6.45, 7) is 0.634. The molecule has 184 valence electrons. The number of esters is 1. The number of ketones is 1. The van der Waals surface area contributed by atoms with E-state index in [2.05, 4.69) is 4.98 Å². The first-order valence-electron chi connectivity index (χ1n) is 11.7. The minimum Gasteiger partial charge on any atom is -0.492 e. The molecular weight excluding hydrogens is 460 g/mol. The highest BCUT2D eigenvalue weighted by Gasteiger charge is 2.44. The molecular formula is C28H26N2O6. The number of methoxy groups -OCH3 is 1. The number of nitrogens with zero attached hydrogens (tertiary/aromatic N) is 1. The molecule has 1 N–H and O–H groups in total. The SMILES string of the molecule is COC(=O)c1cc2c([nH]1)C(=O)C[C@H]1[C@H]2C=C(OCc2ccccc2)CN1C(=O)OCc1ccccc1. The molecule has 1 aliphatic carbocycles. The van der Waals surface area contributed by atoms with Crippen molar-refractivity contribution in [1.82, 2.24) is 9.88 Å². The van der Waals surface area contributed by atoms with Crippen molar-refractivity contribution in [2.24, 2.45) is 0 Å². The highest BCUT2D eigenvalue weighted by atomic mass is 16.6. The lowest BCUT2D eigenvalue weighted by molar-refractivity contribution is 0.0557. The first-order valence-corrected chi connectivity index (χ1v) is 11.7. The van der Waals surface area contributed by atoms with E-state index in [9.17, 15) is 14.4 Å². The van der Waals surface area contributed by atoms with Gasteiger partial charge in [0, 0.05) is 12.3 Å². The normalized spacial score (nSPS) is 18.5. The van der Waals surface area contributed by atoms with Crippen LogP contribution in [-0.2, 0) is 27.4 Å². The number of nitrogens with one attached hydrogen (secondary N) is 1. The van der Waals surface area contributed by atoms with Crippen molar-refractivity contribution >= 4 is 17.8 Å². The summed E-state index contributed by atoms with van der Waals surface area (Å²) in [5, 5.41) is 0. The summed E-state index contributed by atoms with van der Waals surface area (Å²) in [7, 11) is 1.29. The van der Waals surface area contributed by atoms with Crippen molar-refractivity contribution in [3.8, 4) is 0 Å². The summed E-state index contributed by atoms with van der Waals surface area (Å²) >= 11 is 0. The van der Waals surface area contributed by atoms with Crippen LogP contribution < -0.4 is 0 Å². The van der Waals surface area contributed by atoms with Crippen molar-refractivity contribution in [2.75, 3.05) is 13.7 Å². The molecule has 2 atom stereocenters. The fourth-order valence-corrected chi connectivity index (χ4v) is 4.70. The van der Waals surface area contributed by atoms with Gasteiger partial charge in [-0.1, -0.05) is 60.7 Å². The molecule has 8 nitrogen and oxygen atoms in total. The molecule has 8 heteroatoms. The predicted octanol–water partition coefficient (Wildman–Crippen LogP) is 4.59. The number of rotatable bonds is 6. The van der Waals surface area contributed by atoms with Gasteiger partial charge in [0.2, 0.25) is 0 Å². The Morgan fingerprint density at radius 1 is 1.00 bits per heavy atom. The average Bonchev–Trinajstić information content (AvgIpc) is 3.38. The molecule has 0 radical (unpaired) electrons. The lowest BCUT2D eigenvalue weighted by atomic mass is 9.79. The van der Waals surface area contributed by atoms with Gasteiger partial charge in [0.1, 0.15) is 24.7 Å². The Balaban J connectivity index is 1.43. The van der Waals surface area contributed by atoms with Gasteiger partial charge in [-0.3, -0.25) is 9.69 Å². The predicted molar refractivity (Wildman–Crippen MR) is 130 cm³/mol. The Morgan fingerprint density at radius 2 is 1.67 bits per heavy atom. The number of amides is 1. The van der Waals surface area contributed by atoms with Crippen LogP contribution in [-0.4, -0.2) is 47.4 Å². The van der Waals surface area contributed by atoms with Crippen LogP contribution in [0.15, 0.2) is 78.6 Å².